The average molecular weight is 342 g/mol. The van der Waals surface area contributed by atoms with Crippen LogP contribution in [-0.2, 0) is 17.9 Å². The molecule has 8 nitrogen and oxygen atoms in total. The van der Waals surface area contributed by atoms with Crippen LogP contribution in [0.4, 0.5) is 0 Å². The summed E-state index contributed by atoms with van der Waals surface area (Å²) in [6.07, 6.45) is 5.64. The zero-order chi connectivity index (χ0) is 17.4. The van der Waals surface area contributed by atoms with Crippen LogP contribution in [0.25, 0.3) is 0 Å². The zero-order valence-electron chi connectivity index (χ0n) is 14.3. The van der Waals surface area contributed by atoms with Crippen molar-refractivity contribution in [2.24, 2.45) is 0 Å². The summed E-state index contributed by atoms with van der Waals surface area (Å²) in [4.78, 5) is 36.0. The number of carbonyl (C=O) groups is 2. The Bertz CT molecular complexity index is 795. The smallest absolute Gasteiger partial charge is 0.272 e. The summed E-state index contributed by atoms with van der Waals surface area (Å²) >= 11 is 0. The molecule has 4 heterocycles. The maximum Gasteiger partial charge on any atom is 0.272 e. The van der Waals surface area contributed by atoms with Crippen LogP contribution >= 0.6 is 0 Å². The van der Waals surface area contributed by atoms with Gasteiger partial charge in [-0.3, -0.25) is 14.3 Å². The van der Waals surface area contributed by atoms with Crippen LogP contribution in [0.2, 0.25) is 0 Å². The lowest BCUT2D eigenvalue weighted by Gasteiger charge is -2.32. The predicted molar refractivity (Wildman–Crippen MR) is 89.6 cm³/mol. The highest BCUT2D eigenvalue weighted by Crippen LogP contribution is 2.22. The topological polar surface area (TPSA) is 87.1 Å². The Kier molecular flexibility index (Phi) is 4.03. The highest BCUT2D eigenvalue weighted by molar-refractivity contribution is 5.92. The number of hydrogen-bond acceptors (Lipinski definition) is 4. The Morgan fingerprint density at radius 2 is 2.28 bits per heavy atom. The van der Waals surface area contributed by atoms with E-state index in [2.05, 4.69) is 15.1 Å². The second kappa shape index (κ2) is 6.34. The largest absolute Gasteiger partial charge is 0.341 e. The third-order valence-electron chi connectivity index (χ3n) is 5.05. The van der Waals surface area contributed by atoms with Gasteiger partial charge in [0, 0.05) is 32.3 Å². The van der Waals surface area contributed by atoms with Gasteiger partial charge in [0.25, 0.3) is 5.91 Å². The van der Waals surface area contributed by atoms with E-state index in [-0.39, 0.29) is 17.9 Å². The standard InChI is InChI=1S/C17H22N6O2/c1-12-18-9-15(20-12)17(25)22-11-14-4-6-19-23(14)8-5-13(22)10-21-7-2-3-16(21)24/h4,6,9,13H,2-3,5,7-8,10-11H2,1H3,(H,18,20)/t13-/m1/s1. The molecule has 25 heavy (non-hydrogen) atoms. The van der Waals surface area contributed by atoms with Gasteiger partial charge in [0.1, 0.15) is 11.5 Å². The quantitative estimate of drug-likeness (QED) is 0.900. The van der Waals surface area contributed by atoms with E-state index in [1.54, 1.807) is 12.4 Å². The van der Waals surface area contributed by atoms with Gasteiger partial charge in [-0.15, -0.1) is 0 Å². The lowest BCUT2D eigenvalue weighted by atomic mass is 10.1. The molecule has 1 saturated heterocycles. The second-order valence-corrected chi connectivity index (χ2v) is 6.75. The number of H-pyrrole nitrogens is 1. The fourth-order valence-electron chi connectivity index (χ4n) is 3.69. The van der Waals surface area contributed by atoms with Crippen molar-refractivity contribution in [3.05, 3.63) is 35.7 Å². The fourth-order valence-corrected chi connectivity index (χ4v) is 3.69. The Morgan fingerprint density at radius 3 is 3.00 bits per heavy atom. The van der Waals surface area contributed by atoms with E-state index in [1.807, 2.05) is 27.5 Å². The first-order valence-corrected chi connectivity index (χ1v) is 8.73. The fraction of sp³-hybridized carbons (Fsp3) is 0.529. The third-order valence-corrected chi connectivity index (χ3v) is 5.05. The van der Waals surface area contributed by atoms with Gasteiger partial charge in [-0.05, 0) is 25.8 Å². The molecule has 0 saturated carbocycles. The number of fused-ring (bicyclic) bond motifs is 1. The first-order valence-electron chi connectivity index (χ1n) is 8.73. The summed E-state index contributed by atoms with van der Waals surface area (Å²) < 4.78 is 1.95. The molecule has 1 N–H and O–H groups in total. The van der Waals surface area contributed by atoms with E-state index < -0.39 is 0 Å². The first kappa shape index (κ1) is 15.9. The minimum Gasteiger partial charge on any atom is -0.341 e. The number of nitrogens with one attached hydrogen (secondary N) is 1. The molecule has 1 atom stereocenters. The maximum absolute atomic E-state index is 13.1. The van der Waals surface area contributed by atoms with Gasteiger partial charge in [0.05, 0.1) is 24.5 Å². The lowest BCUT2D eigenvalue weighted by molar-refractivity contribution is -0.128. The summed E-state index contributed by atoms with van der Waals surface area (Å²) in [6.45, 7) is 4.44. The third kappa shape index (κ3) is 3.04. The molecule has 0 bridgehead atoms. The molecular weight excluding hydrogens is 320 g/mol. The molecule has 2 aromatic rings. The summed E-state index contributed by atoms with van der Waals surface area (Å²) in [5.41, 5.74) is 1.50. The molecule has 8 heteroatoms. The van der Waals surface area contributed by atoms with Crippen molar-refractivity contribution in [1.29, 1.82) is 0 Å². The van der Waals surface area contributed by atoms with Crippen molar-refractivity contribution >= 4 is 11.8 Å². The normalized spacial score (nSPS) is 20.7. The van der Waals surface area contributed by atoms with Crippen molar-refractivity contribution in [3.63, 3.8) is 0 Å². The molecule has 2 amide bonds. The number of aromatic amines is 1. The number of rotatable bonds is 3. The van der Waals surface area contributed by atoms with Gasteiger partial charge >= 0.3 is 0 Å². The van der Waals surface area contributed by atoms with Gasteiger partial charge in [0.2, 0.25) is 5.91 Å². The highest BCUT2D eigenvalue weighted by atomic mass is 16.2. The van der Waals surface area contributed by atoms with Crippen molar-refractivity contribution in [2.45, 2.75) is 45.3 Å². The molecule has 2 aliphatic rings. The molecule has 1 fully saturated rings. The summed E-state index contributed by atoms with van der Waals surface area (Å²) in [5.74, 6) is 0.827. The number of imidazole rings is 1. The van der Waals surface area contributed by atoms with Crippen LogP contribution in [0.15, 0.2) is 18.5 Å². The van der Waals surface area contributed by atoms with Gasteiger partial charge in [0.15, 0.2) is 0 Å². The number of likely N-dealkylation sites (tertiary alicyclic amines) is 1. The van der Waals surface area contributed by atoms with Crippen molar-refractivity contribution < 1.29 is 9.59 Å². The number of aryl methyl sites for hydroxylation is 2. The number of carbonyl (C=O) groups excluding carboxylic acids is 2. The lowest BCUT2D eigenvalue weighted by Crippen LogP contribution is -2.46. The highest BCUT2D eigenvalue weighted by Gasteiger charge is 2.33. The van der Waals surface area contributed by atoms with E-state index in [9.17, 15) is 9.59 Å². The van der Waals surface area contributed by atoms with Gasteiger partial charge in [-0.25, -0.2) is 4.98 Å². The second-order valence-electron chi connectivity index (χ2n) is 6.75. The summed E-state index contributed by atoms with van der Waals surface area (Å²) in [6, 6.07) is 1.92. The molecule has 0 aromatic carbocycles. The van der Waals surface area contributed by atoms with Crippen molar-refractivity contribution in [2.75, 3.05) is 13.1 Å². The average Bonchev–Trinajstić information content (AvgIpc) is 3.29. The van der Waals surface area contributed by atoms with Crippen LogP contribution in [-0.4, -0.2) is 60.5 Å². The molecule has 0 radical (unpaired) electrons. The van der Waals surface area contributed by atoms with E-state index in [0.29, 0.717) is 25.2 Å². The molecule has 132 valence electrons. The Hall–Kier alpha value is -2.64. The number of amides is 2. The van der Waals surface area contributed by atoms with Crippen LogP contribution in [0.1, 0.15) is 41.3 Å². The van der Waals surface area contributed by atoms with Crippen molar-refractivity contribution in [3.8, 4) is 0 Å². The molecule has 0 aliphatic carbocycles. The van der Waals surface area contributed by atoms with Crippen LogP contribution in [0.3, 0.4) is 0 Å². The van der Waals surface area contributed by atoms with Crippen LogP contribution in [0.5, 0.6) is 0 Å². The molecular formula is C17H22N6O2. The Labute approximate surface area is 145 Å². The number of hydrogen-bond donors (Lipinski definition) is 1. The Balaban J connectivity index is 1.61. The van der Waals surface area contributed by atoms with E-state index >= 15 is 0 Å². The minimum atomic E-state index is -0.0769. The van der Waals surface area contributed by atoms with E-state index in [4.69, 9.17) is 0 Å². The summed E-state index contributed by atoms with van der Waals surface area (Å²) in [5, 5.41) is 4.35. The molecule has 0 spiro atoms. The van der Waals surface area contributed by atoms with Gasteiger partial charge in [-0.1, -0.05) is 0 Å². The SMILES string of the molecule is Cc1ncc(C(=O)N2Cc3ccnn3CC[C@@H]2CN2CCCC2=O)[nH]1. The monoisotopic (exact) mass is 342 g/mol. The summed E-state index contributed by atoms with van der Waals surface area (Å²) in [7, 11) is 0. The molecule has 4 rings (SSSR count). The minimum absolute atomic E-state index is 0.0279. The maximum atomic E-state index is 13.1. The van der Waals surface area contributed by atoms with Crippen molar-refractivity contribution in [1.82, 2.24) is 29.5 Å². The number of nitrogens with zero attached hydrogens (tertiary/aromatic N) is 5. The van der Waals surface area contributed by atoms with Gasteiger partial charge in [-0.2, -0.15) is 5.10 Å². The Morgan fingerprint density at radius 1 is 1.40 bits per heavy atom. The van der Waals surface area contributed by atoms with Gasteiger partial charge < -0.3 is 14.8 Å². The predicted octanol–water partition coefficient (Wildman–Crippen LogP) is 0.952. The van der Waals surface area contributed by atoms with Crippen LogP contribution in [0, 0.1) is 6.92 Å². The molecule has 0 unspecified atom stereocenters. The van der Waals surface area contributed by atoms with Crippen LogP contribution < -0.4 is 0 Å². The van der Waals surface area contributed by atoms with E-state index in [1.165, 1.54) is 0 Å². The molecule has 2 aromatic heterocycles. The number of aromatic nitrogens is 4. The molecule has 2 aliphatic heterocycles. The zero-order valence-corrected chi connectivity index (χ0v) is 14.3. The first-order chi connectivity index (χ1) is 12.1. The van der Waals surface area contributed by atoms with E-state index in [0.717, 1.165) is 37.4 Å².